The van der Waals surface area contributed by atoms with Gasteiger partial charge >= 0.3 is 11.7 Å². The zero-order valence-electron chi connectivity index (χ0n) is 14.6. The van der Waals surface area contributed by atoms with Crippen LogP contribution in [0.1, 0.15) is 35.8 Å². The standard InChI is InChI=1S/C17H18N4O4S/c1-4-25-16(23)13-10(2)9-26-15(13)18-14(22)11(3)21-17(24)20-8-6-5-7-12(20)19-21/h5-9,11H,4H2,1-3H3,(H,18,22)/t11-/m0/s1. The Hall–Kier alpha value is -2.94. The van der Waals surface area contributed by atoms with Gasteiger partial charge in [-0.05, 0) is 43.8 Å². The minimum absolute atomic E-state index is 0.245. The van der Waals surface area contributed by atoms with Crippen molar-refractivity contribution < 1.29 is 14.3 Å². The topological polar surface area (TPSA) is 94.7 Å². The minimum Gasteiger partial charge on any atom is -0.462 e. The molecule has 0 bridgehead atoms. The average Bonchev–Trinajstić information content (AvgIpc) is 3.15. The zero-order valence-corrected chi connectivity index (χ0v) is 15.4. The molecule has 0 saturated carbocycles. The number of fused-ring (bicyclic) bond motifs is 1. The molecular weight excluding hydrogens is 356 g/mol. The van der Waals surface area contributed by atoms with Gasteiger partial charge in [0, 0.05) is 6.20 Å². The van der Waals surface area contributed by atoms with Gasteiger partial charge in [0.2, 0.25) is 5.91 Å². The van der Waals surface area contributed by atoms with Crippen LogP contribution in [-0.4, -0.2) is 32.7 Å². The lowest BCUT2D eigenvalue weighted by molar-refractivity contribution is -0.119. The first kappa shape index (κ1) is 17.9. The Morgan fingerprint density at radius 2 is 2.15 bits per heavy atom. The number of aromatic nitrogens is 3. The highest BCUT2D eigenvalue weighted by molar-refractivity contribution is 7.15. The lowest BCUT2D eigenvalue weighted by Crippen LogP contribution is -2.32. The molecule has 0 saturated heterocycles. The van der Waals surface area contributed by atoms with Gasteiger partial charge in [-0.25, -0.2) is 14.3 Å². The largest absolute Gasteiger partial charge is 0.462 e. The van der Waals surface area contributed by atoms with Gasteiger partial charge in [0.15, 0.2) is 5.65 Å². The fraction of sp³-hybridized carbons (Fsp3) is 0.294. The fourth-order valence-corrected chi connectivity index (χ4v) is 3.45. The van der Waals surface area contributed by atoms with Gasteiger partial charge in [-0.1, -0.05) is 6.07 Å². The quantitative estimate of drug-likeness (QED) is 0.691. The Kier molecular flexibility index (Phi) is 4.90. The van der Waals surface area contributed by atoms with Crippen LogP contribution in [0.3, 0.4) is 0 Å². The molecule has 0 aromatic carbocycles. The van der Waals surface area contributed by atoms with E-state index in [-0.39, 0.29) is 6.61 Å². The number of esters is 1. The number of carbonyl (C=O) groups excluding carboxylic acids is 2. The summed E-state index contributed by atoms with van der Waals surface area (Å²) in [6.07, 6.45) is 1.59. The predicted molar refractivity (Wildman–Crippen MR) is 97.8 cm³/mol. The maximum atomic E-state index is 12.6. The molecule has 0 spiro atoms. The number of anilines is 1. The monoisotopic (exact) mass is 374 g/mol. The van der Waals surface area contributed by atoms with Crippen molar-refractivity contribution in [2.24, 2.45) is 0 Å². The number of carbonyl (C=O) groups is 2. The first-order valence-corrected chi connectivity index (χ1v) is 8.94. The number of thiophene rings is 1. The molecule has 1 atom stereocenters. The van der Waals surface area contributed by atoms with Crippen molar-refractivity contribution >= 4 is 33.9 Å². The van der Waals surface area contributed by atoms with E-state index in [0.717, 1.165) is 10.2 Å². The van der Waals surface area contributed by atoms with Crippen LogP contribution in [0.2, 0.25) is 0 Å². The predicted octanol–water partition coefficient (Wildman–Crippen LogP) is 2.24. The van der Waals surface area contributed by atoms with E-state index in [2.05, 4.69) is 10.4 Å². The second kappa shape index (κ2) is 7.12. The molecule has 8 nitrogen and oxygen atoms in total. The number of ether oxygens (including phenoxy) is 1. The Labute approximate surface area is 153 Å². The summed E-state index contributed by atoms with van der Waals surface area (Å²) in [6.45, 7) is 5.31. The summed E-state index contributed by atoms with van der Waals surface area (Å²) >= 11 is 1.23. The number of aryl methyl sites for hydroxylation is 1. The van der Waals surface area contributed by atoms with Crippen LogP contribution in [0.5, 0.6) is 0 Å². The van der Waals surface area contributed by atoms with Crippen molar-refractivity contribution in [1.82, 2.24) is 14.2 Å². The molecule has 0 aliphatic heterocycles. The molecule has 3 rings (SSSR count). The third-order valence-corrected chi connectivity index (χ3v) is 4.90. The van der Waals surface area contributed by atoms with Gasteiger partial charge in [-0.3, -0.25) is 9.20 Å². The normalized spacial score (nSPS) is 12.1. The van der Waals surface area contributed by atoms with Gasteiger partial charge in [-0.15, -0.1) is 16.4 Å². The smallest absolute Gasteiger partial charge is 0.351 e. The molecular formula is C17H18N4O4S. The van der Waals surface area contributed by atoms with Crippen LogP contribution in [0, 0.1) is 6.92 Å². The third kappa shape index (κ3) is 3.13. The van der Waals surface area contributed by atoms with Crippen LogP contribution in [0.15, 0.2) is 34.6 Å². The molecule has 3 aromatic rings. The first-order valence-electron chi connectivity index (χ1n) is 8.06. The highest BCUT2D eigenvalue weighted by atomic mass is 32.1. The Morgan fingerprint density at radius 1 is 1.38 bits per heavy atom. The number of nitrogens with one attached hydrogen (secondary N) is 1. The van der Waals surface area contributed by atoms with Crippen molar-refractivity contribution in [2.45, 2.75) is 26.8 Å². The Balaban J connectivity index is 1.87. The minimum atomic E-state index is -0.847. The lowest BCUT2D eigenvalue weighted by Gasteiger charge is -2.12. The summed E-state index contributed by atoms with van der Waals surface area (Å²) in [5.74, 6) is -0.929. The van der Waals surface area contributed by atoms with E-state index in [0.29, 0.717) is 16.2 Å². The van der Waals surface area contributed by atoms with E-state index in [4.69, 9.17) is 4.74 Å². The second-order valence-corrected chi connectivity index (χ2v) is 6.54. The van der Waals surface area contributed by atoms with Crippen molar-refractivity contribution in [3.63, 3.8) is 0 Å². The molecule has 1 N–H and O–H groups in total. The molecule has 26 heavy (non-hydrogen) atoms. The average molecular weight is 374 g/mol. The van der Waals surface area contributed by atoms with Crippen LogP contribution < -0.4 is 11.0 Å². The highest BCUT2D eigenvalue weighted by Gasteiger charge is 2.24. The van der Waals surface area contributed by atoms with Gasteiger partial charge in [-0.2, -0.15) is 0 Å². The molecule has 136 valence electrons. The van der Waals surface area contributed by atoms with Crippen LogP contribution in [0.25, 0.3) is 5.65 Å². The number of nitrogens with zero attached hydrogens (tertiary/aromatic N) is 3. The summed E-state index contributed by atoms with van der Waals surface area (Å²) in [5, 5.41) is 9.06. The summed E-state index contributed by atoms with van der Waals surface area (Å²) in [5.41, 5.74) is 1.11. The second-order valence-electron chi connectivity index (χ2n) is 5.66. The maximum Gasteiger partial charge on any atom is 0.351 e. The Bertz CT molecular complexity index is 1030. The molecule has 1 amide bonds. The summed E-state index contributed by atoms with van der Waals surface area (Å²) < 4.78 is 7.52. The Morgan fingerprint density at radius 3 is 2.85 bits per heavy atom. The summed E-state index contributed by atoms with van der Waals surface area (Å²) in [4.78, 5) is 37.1. The number of amides is 1. The molecule has 3 aromatic heterocycles. The fourth-order valence-electron chi connectivity index (χ4n) is 2.51. The van der Waals surface area contributed by atoms with E-state index in [1.54, 1.807) is 50.5 Å². The van der Waals surface area contributed by atoms with Gasteiger partial charge in [0.25, 0.3) is 0 Å². The number of hydrogen-bond acceptors (Lipinski definition) is 6. The molecule has 0 aliphatic rings. The lowest BCUT2D eigenvalue weighted by atomic mass is 10.2. The van der Waals surface area contributed by atoms with E-state index < -0.39 is 23.6 Å². The molecule has 0 aliphatic carbocycles. The van der Waals surface area contributed by atoms with Gasteiger partial charge in [0.05, 0.1) is 12.2 Å². The number of hydrogen-bond donors (Lipinski definition) is 1. The first-order chi connectivity index (χ1) is 12.4. The van der Waals surface area contributed by atoms with E-state index in [1.165, 1.54) is 15.7 Å². The van der Waals surface area contributed by atoms with E-state index >= 15 is 0 Å². The van der Waals surface area contributed by atoms with Crippen molar-refractivity contribution in [1.29, 1.82) is 0 Å². The third-order valence-electron chi connectivity index (χ3n) is 3.89. The molecule has 3 heterocycles. The molecule has 0 unspecified atom stereocenters. The SMILES string of the molecule is CCOC(=O)c1c(C)csc1NC(=O)[C@H](C)n1nc2ccccn2c1=O. The van der Waals surface area contributed by atoms with Crippen LogP contribution in [-0.2, 0) is 9.53 Å². The van der Waals surface area contributed by atoms with Crippen molar-refractivity contribution in [3.05, 3.63) is 51.4 Å². The summed E-state index contributed by atoms with van der Waals surface area (Å²) in [7, 11) is 0. The van der Waals surface area contributed by atoms with E-state index in [1.807, 2.05) is 0 Å². The molecule has 0 fully saturated rings. The van der Waals surface area contributed by atoms with E-state index in [9.17, 15) is 14.4 Å². The highest BCUT2D eigenvalue weighted by Crippen LogP contribution is 2.29. The molecule has 0 radical (unpaired) electrons. The maximum absolute atomic E-state index is 12.6. The summed E-state index contributed by atoms with van der Waals surface area (Å²) in [6, 6.07) is 4.31. The van der Waals surface area contributed by atoms with Crippen molar-refractivity contribution in [2.75, 3.05) is 11.9 Å². The van der Waals surface area contributed by atoms with Crippen LogP contribution in [0.4, 0.5) is 5.00 Å². The number of rotatable bonds is 5. The van der Waals surface area contributed by atoms with Crippen LogP contribution >= 0.6 is 11.3 Å². The van der Waals surface area contributed by atoms with Crippen molar-refractivity contribution in [3.8, 4) is 0 Å². The zero-order chi connectivity index (χ0) is 18.8. The number of pyridine rings is 1. The van der Waals surface area contributed by atoms with Gasteiger partial charge < -0.3 is 10.1 Å². The van der Waals surface area contributed by atoms with Gasteiger partial charge in [0.1, 0.15) is 11.0 Å². The molecule has 9 heteroatoms.